The van der Waals surface area contributed by atoms with Crippen molar-refractivity contribution in [3.63, 3.8) is 0 Å². The average molecular weight is 134 g/mol. The molecule has 1 aromatic rings. The van der Waals surface area contributed by atoms with Gasteiger partial charge in [0.25, 0.3) is 0 Å². The van der Waals surface area contributed by atoms with Crippen molar-refractivity contribution in [2.45, 2.75) is 13.0 Å². The third-order valence-corrected chi connectivity index (χ3v) is 1.54. The van der Waals surface area contributed by atoms with E-state index in [9.17, 15) is 0 Å². The molecule has 10 heavy (non-hydrogen) atoms. The lowest BCUT2D eigenvalue weighted by molar-refractivity contribution is 0.840. The maximum absolute atomic E-state index is 5.74. The van der Waals surface area contributed by atoms with Crippen molar-refractivity contribution < 1.29 is 0 Å². The molecule has 0 aliphatic rings. The van der Waals surface area contributed by atoms with Gasteiger partial charge in [-0.05, 0) is 12.0 Å². The Kier molecular flexibility index (Phi) is 2.46. The zero-order chi connectivity index (χ0) is 7.40. The zero-order valence-corrected chi connectivity index (χ0v) is 6.12. The lowest BCUT2D eigenvalue weighted by Gasteiger charge is -2.06. The van der Waals surface area contributed by atoms with E-state index in [4.69, 9.17) is 5.73 Å². The molecule has 1 radical (unpaired) electrons. The van der Waals surface area contributed by atoms with E-state index in [1.54, 1.807) is 0 Å². The molecule has 53 valence electrons. The third-order valence-electron chi connectivity index (χ3n) is 1.54. The fraction of sp³-hybridized carbons (Fsp3) is 0.222. The van der Waals surface area contributed by atoms with Gasteiger partial charge in [0.05, 0.1) is 0 Å². The Hall–Kier alpha value is -0.820. The lowest BCUT2D eigenvalue weighted by atomic mass is 10.1. The molecule has 1 unspecified atom stereocenters. The van der Waals surface area contributed by atoms with Gasteiger partial charge in [0, 0.05) is 6.04 Å². The van der Waals surface area contributed by atoms with Gasteiger partial charge in [-0.15, -0.1) is 0 Å². The van der Waals surface area contributed by atoms with E-state index in [-0.39, 0.29) is 6.04 Å². The molecular formula is C9H12N. The third kappa shape index (κ3) is 1.58. The second-order valence-electron chi connectivity index (χ2n) is 2.27. The molecular weight excluding hydrogens is 122 g/mol. The summed E-state index contributed by atoms with van der Waals surface area (Å²) in [5.74, 6) is 0. The van der Waals surface area contributed by atoms with E-state index < -0.39 is 0 Å². The van der Waals surface area contributed by atoms with Gasteiger partial charge < -0.3 is 5.73 Å². The van der Waals surface area contributed by atoms with Gasteiger partial charge in [-0.1, -0.05) is 37.3 Å². The van der Waals surface area contributed by atoms with E-state index in [1.807, 2.05) is 43.7 Å². The SMILES string of the molecule is C[CH]C(N)c1ccccc1. The second kappa shape index (κ2) is 3.37. The van der Waals surface area contributed by atoms with Gasteiger partial charge in [-0.25, -0.2) is 0 Å². The van der Waals surface area contributed by atoms with E-state index in [0.29, 0.717) is 0 Å². The predicted molar refractivity (Wildman–Crippen MR) is 43.3 cm³/mol. The summed E-state index contributed by atoms with van der Waals surface area (Å²) in [6.07, 6.45) is 1.98. The van der Waals surface area contributed by atoms with Crippen LogP contribution in [0.5, 0.6) is 0 Å². The maximum atomic E-state index is 5.74. The summed E-state index contributed by atoms with van der Waals surface area (Å²) in [4.78, 5) is 0. The van der Waals surface area contributed by atoms with Gasteiger partial charge in [0.2, 0.25) is 0 Å². The van der Waals surface area contributed by atoms with Crippen LogP contribution in [0.2, 0.25) is 0 Å². The van der Waals surface area contributed by atoms with Crippen LogP contribution < -0.4 is 5.73 Å². The van der Waals surface area contributed by atoms with Crippen LogP contribution in [0.1, 0.15) is 18.5 Å². The normalized spacial score (nSPS) is 13.0. The smallest absolute Gasteiger partial charge is 0.0324 e. The molecule has 0 fully saturated rings. The lowest BCUT2D eigenvalue weighted by Crippen LogP contribution is -2.08. The monoisotopic (exact) mass is 134 g/mol. The second-order valence-corrected chi connectivity index (χ2v) is 2.27. The van der Waals surface area contributed by atoms with E-state index >= 15 is 0 Å². The van der Waals surface area contributed by atoms with Crippen LogP contribution in [0.25, 0.3) is 0 Å². The minimum atomic E-state index is 0.0844. The van der Waals surface area contributed by atoms with Crippen molar-refractivity contribution in [2.24, 2.45) is 5.73 Å². The fourth-order valence-corrected chi connectivity index (χ4v) is 0.868. The van der Waals surface area contributed by atoms with Crippen molar-refractivity contribution in [1.82, 2.24) is 0 Å². The summed E-state index contributed by atoms with van der Waals surface area (Å²) in [5.41, 5.74) is 6.91. The molecule has 0 aliphatic carbocycles. The van der Waals surface area contributed by atoms with Gasteiger partial charge >= 0.3 is 0 Å². The minimum absolute atomic E-state index is 0.0844. The Balaban J connectivity index is 2.75. The first kappa shape index (κ1) is 7.29. The van der Waals surface area contributed by atoms with Crippen LogP contribution >= 0.6 is 0 Å². The van der Waals surface area contributed by atoms with Crippen molar-refractivity contribution in [3.05, 3.63) is 42.3 Å². The molecule has 0 spiro atoms. The Labute approximate surface area is 61.9 Å². The van der Waals surface area contributed by atoms with E-state index in [2.05, 4.69) is 0 Å². The fourth-order valence-electron chi connectivity index (χ4n) is 0.868. The number of benzene rings is 1. The van der Waals surface area contributed by atoms with Crippen molar-refractivity contribution in [1.29, 1.82) is 0 Å². The van der Waals surface area contributed by atoms with Crippen LogP contribution in [0, 0.1) is 6.42 Å². The Morgan fingerprint density at radius 1 is 1.30 bits per heavy atom. The van der Waals surface area contributed by atoms with Gasteiger partial charge in [-0.3, -0.25) is 0 Å². The predicted octanol–water partition coefficient (Wildman–Crippen LogP) is 1.91. The van der Waals surface area contributed by atoms with Crippen LogP contribution in [-0.4, -0.2) is 0 Å². The highest BCUT2D eigenvalue weighted by molar-refractivity contribution is 5.20. The summed E-state index contributed by atoms with van der Waals surface area (Å²) in [5, 5.41) is 0. The van der Waals surface area contributed by atoms with Gasteiger partial charge in [0.1, 0.15) is 0 Å². The van der Waals surface area contributed by atoms with Crippen LogP contribution in [-0.2, 0) is 0 Å². The quantitative estimate of drug-likeness (QED) is 0.657. The average Bonchev–Trinajstić information content (AvgIpc) is 2.05. The molecule has 1 aromatic carbocycles. The van der Waals surface area contributed by atoms with Crippen molar-refractivity contribution >= 4 is 0 Å². The first-order valence-corrected chi connectivity index (χ1v) is 3.44. The molecule has 1 rings (SSSR count). The minimum Gasteiger partial charge on any atom is -0.324 e. The number of hydrogen-bond donors (Lipinski definition) is 1. The van der Waals surface area contributed by atoms with Crippen LogP contribution in [0.4, 0.5) is 0 Å². The first-order valence-electron chi connectivity index (χ1n) is 3.44. The molecule has 1 atom stereocenters. The highest BCUT2D eigenvalue weighted by Gasteiger charge is 1.99. The van der Waals surface area contributed by atoms with E-state index in [0.717, 1.165) is 0 Å². The highest BCUT2D eigenvalue weighted by atomic mass is 14.6. The number of rotatable bonds is 2. The maximum Gasteiger partial charge on any atom is 0.0324 e. The van der Waals surface area contributed by atoms with Crippen molar-refractivity contribution in [2.75, 3.05) is 0 Å². The molecule has 0 aromatic heterocycles. The highest BCUT2D eigenvalue weighted by Crippen LogP contribution is 2.10. The van der Waals surface area contributed by atoms with Crippen LogP contribution in [0.3, 0.4) is 0 Å². The summed E-state index contributed by atoms with van der Waals surface area (Å²) in [6, 6.07) is 10.1. The summed E-state index contributed by atoms with van der Waals surface area (Å²) >= 11 is 0. The molecule has 0 aliphatic heterocycles. The molecule has 0 heterocycles. The van der Waals surface area contributed by atoms with Gasteiger partial charge in [-0.2, -0.15) is 0 Å². The van der Waals surface area contributed by atoms with Crippen LogP contribution in [0.15, 0.2) is 30.3 Å². The summed E-state index contributed by atoms with van der Waals surface area (Å²) in [6.45, 7) is 1.97. The first-order chi connectivity index (χ1) is 4.84. The molecule has 1 nitrogen and oxygen atoms in total. The largest absolute Gasteiger partial charge is 0.324 e. The number of nitrogens with two attached hydrogens (primary N) is 1. The van der Waals surface area contributed by atoms with Gasteiger partial charge in [0.15, 0.2) is 0 Å². The molecule has 0 saturated heterocycles. The standard InChI is InChI=1S/C9H12N/c1-2-9(10)8-6-4-3-5-7-8/h2-7,9H,10H2,1H3. The molecule has 2 N–H and O–H groups in total. The molecule has 1 heteroatoms. The molecule has 0 saturated carbocycles. The topological polar surface area (TPSA) is 26.0 Å². The van der Waals surface area contributed by atoms with Crippen molar-refractivity contribution in [3.8, 4) is 0 Å². The molecule has 0 bridgehead atoms. The Morgan fingerprint density at radius 3 is 2.40 bits per heavy atom. The Bertz CT molecular complexity index is 181. The van der Waals surface area contributed by atoms with E-state index in [1.165, 1.54) is 5.56 Å². The summed E-state index contributed by atoms with van der Waals surface area (Å²) in [7, 11) is 0. The number of hydrogen-bond acceptors (Lipinski definition) is 1. The zero-order valence-electron chi connectivity index (χ0n) is 6.12. The Morgan fingerprint density at radius 2 is 1.90 bits per heavy atom. The molecule has 0 amide bonds. The summed E-state index contributed by atoms with van der Waals surface area (Å²) < 4.78 is 0.